The highest BCUT2D eigenvalue weighted by molar-refractivity contribution is 5.92. The fourth-order valence-corrected chi connectivity index (χ4v) is 1.73. The molecule has 0 saturated heterocycles. The van der Waals surface area contributed by atoms with Crippen molar-refractivity contribution in [2.45, 2.75) is 0 Å². The molecule has 0 aliphatic rings. The lowest BCUT2D eigenvalue weighted by atomic mass is 10.2. The minimum Gasteiger partial charge on any atom is -0.497 e. The third kappa shape index (κ3) is 4.07. The first-order valence-corrected chi connectivity index (χ1v) is 6.49. The summed E-state index contributed by atoms with van der Waals surface area (Å²) in [7, 11) is 1.62. The van der Waals surface area contributed by atoms with Gasteiger partial charge in [0.2, 0.25) is 0 Å². The number of pyridine rings is 1. The molecular formula is C16H17N3O2. The summed E-state index contributed by atoms with van der Waals surface area (Å²) in [6, 6.07) is 11.0. The molecule has 0 aliphatic heterocycles. The normalized spacial score (nSPS) is 9.76. The smallest absolute Gasteiger partial charge is 0.270 e. The maximum atomic E-state index is 11.7. The Bertz CT molecular complexity index is 624. The lowest BCUT2D eigenvalue weighted by Crippen LogP contribution is -2.24. The monoisotopic (exact) mass is 283 g/mol. The van der Waals surface area contributed by atoms with Crippen LogP contribution in [0.2, 0.25) is 0 Å². The van der Waals surface area contributed by atoms with Gasteiger partial charge in [-0.25, -0.2) is 4.98 Å². The van der Waals surface area contributed by atoms with E-state index < -0.39 is 0 Å². The molecule has 21 heavy (non-hydrogen) atoms. The van der Waals surface area contributed by atoms with Crippen molar-refractivity contribution in [3.63, 3.8) is 0 Å². The molecule has 1 heterocycles. The van der Waals surface area contributed by atoms with Gasteiger partial charge < -0.3 is 15.4 Å². The molecule has 0 aliphatic carbocycles. The minimum atomic E-state index is -0.220. The van der Waals surface area contributed by atoms with Crippen molar-refractivity contribution in [2.75, 3.05) is 19.0 Å². The van der Waals surface area contributed by atoms with Gasteiger partial charge in [0.1, 0.15) is 11.4 Å². The summed E-state index contributed by atoms with van der Waals surface area (Å²) in [5, 5.41) is 5.87. The van der Waals surface area contributed by atoms with Crippen LogP contribution < -0.4 is 15.4 Å². The highest BCUT2D eigenvalue weighted by Crippen LogP contribution is 2.20. The Morgan fingerprint density at radius 2 is 2.19 bits per heavy atom. The fraction of sp³-hybridized carbons (Fsp3) is 0.125. The predicted octanol–water partition coefficient (Wildman–Crippen LogP) is 2.75. The van der Waals surface area contributed by atoms with Crippen LogP contribution in [-0.4, -0.2) is 24.5 Å². The van der Waals surface area contributed by atoms with Gasteiger partial charge in [0.15, 0.2) is 0 Å². The second-order valence-electron chi connectivity index (χ2n) is 4.29. The first-order chi connectivity index (χ1) is 10.2. The summed E-state index contributed by atoms with van der Waals surface area (Å²) in [5.74, 6) is 0.552. The quantitative estimate of drug-likeness (QED) is 0.800. The van der Waals surface area contributed by atoms with Gasteiger partial charge in [0, 0.05) is 18.3 Å². The summed E-state index contributed by atoms with van der Waals surface area (Å²) in [4.78, 5) is 15.8. The number of amides is 1. The second-order valence-corrected chi connectivity index (χ2v) is 4.29. The Morgan fingerprint density at radius 3 is 2.86 bits per heavy atom. The molecule has 0 saturated carbocycles. The standard InChI is InChI=1S/C16H17N3O2/c1-3-9-17-16(20)15-8-7-13(11-18-15)19-12-5-4-6-14(10-12)21-2/h3-8,10-11,19H,1,9H2,2H3,(H,17,20). The van der Waals surface area contributed by atoms with E-state index in [1.54, 1.807) is 31.5 Å². The molecule has 1 aromatic heterocycles. The summed E-state index contributed by atoms with van der Waals surface area (Å²) >= 11 is 0. The van der Waals surface area contributed by atoms with E-state index in [4.69, 9.17) is 4.74 Å². The van der Waals surface area contributed by atoms with E-state index >= 15 is 0 Å². The minimum absolute atomic E-state index is 0.220. The van der Waals surface area contributed by atoms with Crippen LogP contribution in [0, 0.1) is 0 Å². The number of anilines is 2. The largest absolute Gasteiger partial charge is 0.497 e. The van der Waals surface area contributed by atoms with Gasteiger partial charge in [-0.15, -0.1) is 6.58 Å². The predicted molar refractivity (Wildman–Crippen MR) is 83.0 cm³/mol. The molecule has 1 aromatic carbocycles. The summed E-state index contributed by atoms with van der Waals surface area (Å²) in [5.41, 5.74) is 2.05. The van der Waals surface area contributed by atoms with Crippen molar-refractivity contribution in [2.24, 2.45) is 0 Å². The molecule has 5 nitrogen and oxygen atoms in total. The van der Waals surface area contributed by atoms with E-state index in [1.807, 2.05) is 24.3 Å². The zero-order chi connectivity index (χ0) is 15.1. The molecule has 1 amide bonds. The number of carbonyl (C=O) groups is 1. The Kier molecular flexibility index (Phi) is 4.93. The number of ether oxygens (including phenoxy) is 1. The number of nitrogens with one attached hydrogen (secondary N) is 2. The van der Waals surface area contributed by atoms with E-state index in [2.05, 4.69) is 22.2 Å². The molecule has 0 atom stereocenters. The van der Waals surface area contributed by atoms with Crippen molar-refractivity contribution >= 4 is 17.3 Å². The van der Waals surface area contributed by atoms with Crippen molar-refractivity contribution in [1.82, 2.24) is 10.3 Å². The number of hydrogen-bond acceptors (Lipinski definition) is 4. The molecule has 108 valence electrons. The third-order valence-electron chi connectivity index (χ3n) is 2.76. The van der Waals surface area contributed by atoms with Crippen molar-refractivity contribution in [1.29, 1.82) is 0 Å². The molecule has 0 bridgehead atoms. The highest BCUT2D eigenvalue weighted by atomic mass is 16.5. The third-order valence-corrected chi connectivity index (χ3v) is 2.76. The highest BCUT2D eigenvalue weighted by Gasteiger charge is 2.05. The number of nitrogens with zero attached hydrogens (tertiary/aromatic N) is 1. The van der Waals surface area contributed by atoms with E-state index in [9.17, 15) is 4.79 Å². The van der Waals surface area contributed by atoms with E-state index in [0.29, 0.717) is 12.2 Å². The van der Waals surface area contributed by atoms with Crippen LogP contribution in [-0.2, 0) is 0 Å². The molecular weight excluding hydrogens is 266 g/mol. The Balaban J connectivity index is 2.04. The Hall–Kier alpha value is -2.82. The van der Waals surface area contributed by atoms with Crippen LogP contribution >= 0.6 is 0 Å². The molecule has 0 unspecified atom stereocenters. The van der Waals surface area contributed by atoms with Crippen LogP contribution in [0.5, 0.6) is 5.75 Å². The van der Waals surface area contributed by atoms with Crippen LogP contribution in [0.4, 0.5) is 11.4 Å². The second kappa shape index (κ2) is 7.09. The van der Waals surface area contributed by atoms with Crippen LogP contribution in [0.1, 0.15) is 10.5 Å². The van der Waals surface area contributed by atoms with Crippen LogP contribution in [0.25, 0.3) is 0 Å². The van der Waals surface area contributed by atoms with Crippen LogP contribution in [0.3, 0.4) is 0 Å². The van der Waals surface area contributed by atoms with Gasteiger partial charge in [-0.2, -0.15) is 0 Å². The average Bonchev–Trinajstić information content (AvgIpc) is 2.53. The fourth-order valence-electron chi connectivity index (χ4n) is 1.73. The summed E-state index contributed by atoms with van der Waals surface area (Å²) in [6.07, 6.45) is 3.24. The molecule has 2 aromatic rings. The number of methoxy groups -OCH3 is 1. The number of benzene rings is 1. The lowest BCUT2D eigenvalue weighted by Gasteiger charge is -2.08. The zero-order valence-electron chi connectivity index (χ0n) is 11.8. The van der Waals surface area contributed by atoms with E-state index in [1.165, 1.54) is 0 Å². The number of hydrogen-bond donors (Lipinski definition) is 2. The number of rotatable bonds is 6. The van der Waals surface area contributed by atoms with Crippen LogP contribution in [0.15, 0.2) is 55.3 Å². The maximum absolute atomic E-state index is 11.7. The van der Waals surface area contributed by atoms with Gasteiger partial charge >= 0.3 is 0 Å². The molecule has 5 heteroatoms. The van der Waals surface area contributed by atoms with Crippen molar-refractivity contribution < 1.29 is 9.53 Å². The number of carbonyl (C=O) groups excluding carboxylic acids is 1. The average molecular weight is 283 g/mol. The topological polar surface area (TPSA) is 63.2 Å². The van der Waals surface area contributed by atoms with Gasteiger partial charge in [-0.05, 0) is 24.3 Å². The number of aromatic nitrogens is 1. The van der Waals surface area contributed by atoms with E-state index in [0.717, 1.165) is 17.1 Å². The lowest BCUT2D eigenvalue weighted by molar-refractivity contribution is 0.0953. The molecule has 0 radical (unpaired) electrons. The molecule has 0 spiro atoms. The summed E-state index contributed by atoms with van der Waals surface area (Å²) in [6.45, 7) is 3.97. The Morgan fingerprint density at radius 1 is 1.33 bits per heavy atom. The first-order valence-electron chi connectivity index (χ1n) is 6.49. The summed E-state index contributed by atoms with van der Waals surface area (Å²) < 4.78 is 5.16. The van der Waals surface area contributed by atoms with Gasteiger partial charge in [-0.3, -0.25) is 4.79 Å². The maximum Gasteiger partial charge on any atom is 0.270 e. The van der Waals surface area contributed by atoms with Crippen molar-refractivity contribution in [3.8, 4) is 5.75 Å². The van der Waals surface area contributed by atoms with E-state index in [-0.39, 0.29) is 5.91 Å². The van der Waals surface area contributed by atoms with Gasteiger partial charge in [-0.1, -0.05) is 12.1 Å². The Labute approximate surface area is 123 Å². The van der Waals surface area contributed by atoms with Gasteiger partial charge in [0.05, 0.1) is 19.0 Å². The first kappa shape index (κ1) is 14.6. The molecule has 2 rings (SSSR count). The SMILES string of the molecule is C=CCNC(=O)c1ccc(Nc2cccc(OC)c2)cn1. The molecule has 2 N–H and O–H groups in total. The molecule has 0 fully saturated rings. The van der Waals surface area contributed by atoms with Gasteiger partial charge in [0.25, 0.3) is 5.91 Å². The zero-order valence-corrected chi connectivity index (χ0v) is 11.8. The van der Waals surface area contributed by atoms with Crippen molar-refractivity contribution in [3.05, 3.63) is 60.9 Å².